The van der Waals surface area contributed by atoms with Gasteiger partial charge in [-0.2, -0.15) is 0 Å². The Labute approximate surface area is 94.7 Å². The Morgan fingerprint density at radius 1 is 1.31 bits per heavy atom. The fourth-order valence-corrected chi connectivity index (χ4v) is 1.76. The SMILES string of the molecule is CC(=O)OC(=O)C(c1ccccc1)S(=O)O. The van der Waals surface area contributed by atoms with Crippen LogP contribution in [0, 0.1) is 0 Å². The molecule has 1 N–H and O–H groups in total. The van der Waals surface area contributed by atoms with E-state index < -0.39 is 28.3 Å². The number of carbonyl (C=O) groups is 2. The number of esters is 2. The molecule has 0 heterocycles. The van der Waals surface area contributed by atoms with Crippen molar-refractivity contribution >= 4 is 23.0 Å². The molecule has 0 saturated carbocycles. The van der Waals surface area contributed by atoms with Gasteiger partial charge < -0.3 is 9.29 Å². The van der Waals surface area contributed by atoms with E-state index in [9.17, 15) is 13.8 Å². The van der Waals surface area contributed by atoms with Crippen molar-refractivity contribution in [2.24, 2.45) is 0 Å². The van der Waals surface area contributed by atoms with Crippen LogP contribution in [0.1, 0.15) is 17.7 Å². The highest BCUT2D eigenvalue weighted by molar-refractivity contribution is 7.80. The minimum Gasteiger partial charge on any atom is -0.392 e. The zero-order valence-electron chi connectivity index (χ0n) is 8.45. The second kappa shape index (κ2) is 5.53. The summed E-state index contributed by atoms with van der Waals surface area (Å²) in [6, 6.07) is 7.98. The molecule has 0 aliphatic heterocycles. The molecule has 2 atom stereocenters. The molecule has 0 spiro atoms. The summed E-state index contributed by atoms with van der Waals surface area (Å²) in [7, 11) is 0. The van der Waals surface area contributed by atoms with Crippen molar-refractivity contribution in [3.05, 3.63) is 35.9 Å². The molecule has 1 rings (SSSR count). The van der Waals surface area contributed by atoms with Gasteiger partial charge in [0.2, 0.25) is 0 Å². The minimum atomic E-state index is -2.43. The number of carbonyl (C=O) groups excluding carboxylic acids is 2. The van der Waals surface area contributed by atoms with Crippen LogP contribution < -0.4 is 0 Å². The summed E-state index contributed by atoms with van der Waals surface area (Å²) >= 11 is -2.43. The molecular formula is C10H10O5S. The quantitative estimate of drug-likeness (QED) is 0.486. The van der Waals surface area contributed by atoms with Gasteiger partial charge in [0.1, 0.15) is 0 Å². The molecule has 0 aliphatic rings. The van der Waals surface area contributed by atoms with Crippen LogP contribution in [0.15, 0.2) is 30.3 Å². The van der Waals surface area contributed by atoms with Gasteiger partial charge in [0.25, 0.3) is 0 Å². The van der Waals surface area contributed by atoms with Crippen LogP contribution in [0.5, 0.6) is 0 Å². The molecule has 2 unspecified atom stereocenters. The summed E-state index contributed by atoms with van der Waals surface area (Å²) < 4.78 is 24.3. The number of ether oxygens (including phenoxy) is 1. The van der Waals surface area contributed by atoms with Gasteiger partial charge in [0.15, 0.2) is 16.3 Å². The third-order valence-electron chi connectivity index (χ3n) is 1.76. The van der Waals surface area contributed by atoms with Crippen LogP contribution >= 0.6 is 0 Å². The first kappa shape index (κ1) is 12.5. The molecule has 16 heavy (non-hydrogen) atoms. The molecule has 86 valence electrons. The van der Waals surface area contributed by atoms with E-state index in [1.807, 2.05) is 0 Å². The number of benzene rings is 1. The summed E-state index contributed by atoms with van der Waals surface area (Å²) in [5, 5.41) is -1.36. The Bertz CT molecular complexity index is 414. The van der Waals surface area contributed by atoms with Crippen molar-refractivity contribution in [1.29, 1.82) is 0 Å². The third kappa shape index (κ3) is 3.25. The summed E-state index contributed by atoms with van der Waals surface area (Å²) in [6.07, 6.45) is 0. The van der Waals surface area contributed by atoms with E-state index >= 15 is 0 Å². The first-order chi connectivity index (χ1) is 7.52. The second-order valence-electron chi connectivity index (χ2n) is 2.98. The highest BCUT2D eigenvalue weighted by Crippen LogP contribution is 2.20. The zero-order chi connectivity index (χ0) is 12.1. The van der Waals surface area contributed by atoms with Gasteiger partial charge in [0.05, 0.1) is 0 Å². The van der Waals surface area contributed by atoms with Gasteiger partial charge in [-0.3, -0.25) is 4.79 Å². The van der Waals surface area contributed by atoms with E-state index in [1.165, 1.54) is 12.1 Å². The Morgan fingerprint density at radius 2 is 1.88 bits per heavy atom. The number of hydrogen-bond donors (Lipinski definition) is 1. The highest BCUT2D eigenvalue weighted by atomic mass is 32.2. The van der Waals surface area contributed by atoms with Crippen molar-refractivity contribution in [2.45, 2.75) is 12.2 Å². The maximum atomic E-state index is 11.4. The average molecular weight is 242 g/mol. The maximum absolute atomic E-state index is 11.4. The molecule has 1 aromatic carbocycles. The molecular weight excluding hydrogens is 232 g/mol. The summed E-state index contributed by atoms with van der Waals surface area (Å²) in [4.78, 5) is 22.0. The molecule has 0 aliphatic carbocycles. The summed E-state index contributed by atoms with van der Waals surface area (Å²) in [5.41, 5.74) is 0.328. The van der Waals surface area contributed by atoms with Crippen LogP contribution in [0.2, 0.25) is 0 Å². The van der Waals surface area contributed by atoms with Crippen molar-refractivity contribution in [2.75, 3.05) is 0 Å². The Kier molecular flexibility index (Phi) is 4.33. The van der Waals surface area contributed by atoms with E-state index in [0.29, 0.717) is 5.56 Å². The summed E-state index contributed by atoms with van der Waals surface area (Å²) in [5.74, 6) is -1.84. The minimum absolute atomic E-state index is 0.328. The second-order valence-corrected chi connectivity index (χ2v) is 4.00. The molecule has 6 heteroatoms. The van der Waals surface area contributed by atoms with Crippen LogP contribution in [0.3, 0.4) is 0 Å². The molecule has 0 bridgehead atoms. The molecule has 0 radical (unpaired) electrons. The fourth-order valence-electron chi connectivity index (χ4n) is 1.16. The zero-order valence-corrected chi connectivity index (χ0v) is 9.27. The lowest BCUT2D eigenvalue weighted by molar-refractivity contribution is -0.157. The van der Waals surface area contributed by atoms with Crippen LogP contribution in [-0.4, -0.2) is 20.7 Å². The van der Waals surface area contributed by atoms with Gasteiger partial charge in [0, 0.05) is 6.92 Å². The van der Waals surface area contributed by atoms with E-state index in [4.69, 9.17) is 4.55 Å². The lowest BCUT2D eigenvalue weighted by Gasteiger charge is -2.10. The highest BCUT2D eigenvalue weighted by Gasteiger charge is 2.28. The Hall–Kier alpha value is -1.53. The normalized spacial score (nSPS) is 13.9. The predicted octanol–water partition coefficient (Wildman–Crippen LogP) is 1.04. The largest absolute Gasteiger partial charge is 0.392 e. The van der Waals surface area contributed by atoms with Crippen molar-refractivity contribution in [3.8, 4) is 0 Å². The summed E-state index contributed by atoms with van der Waals surface area (Å²) in [6.45, 7) is 1.06. The number of hydrogen-bond acceptors (Lipinski definition) is 4. The molecule has 1 aromatic rings. The third-order valence-corrected chi connectivity index (χ3v) is 2.63. The van der Waals surface area contributed by atoms with E-state index in [2.05, 4.69) is 4.74 Å². The average Bonchev–Trinajstić information content (AvgIpc) is 2.17. The van der Waals surface area contributed by atoms with Crippen LogP contribution in [0.25, 0.3) is 0 Å². The molecule has 5 nitrogen and oxygen atoms in total. The standard InChI is InChI=1S/C10H10O5S/c1-7(11)15-10(12)9(16(13)14)8-5-3-2-4-6-8/h2-6,9H,1H3,(H,13,14). The van der Waals surface area contributed by atoms with Gasteiger partial charge in [-0.1, -0.05) is 30.3 Å². The molecule has 0 saturated heterocycles. The van der Waals surface area contributed by atoms with Crippen molar-refractivity contribution in [3.63, 3.8) is 0 Å². The van der Waals surface area contributed by atoms with Crippen LogP contribution in [0.4, 0.5) is 0 Å². The predicted molar refractivity (Wildman–Crippen MR) is 56.7 cm³/mol. The van der Waals surface area contributed by atoms with Gasteiger partial charge >= 0.3 is 11.9 Å². The van der Waals surface area contributed by atoms with E-state index in [0.717, 1.165) is 6.92 Å². The van der Waals surface area contributed by atoms with Gasteiger partial charge in [-0.15, -0.1) is 0 Å². The maximum Gasteiger partial charge on any atom is 0.336 e. The van der Waals surface area contributed by atoms with Crippen molar-refractivity contribution < 1.29 is 23.1 Å². The van der Waals surface area contributed by atoms with Crippen LogP contribution in [-0.2, 0) is 25.4 Å². The van der Waals surface area contributed by atoms with Gasteiger partial charge in [-0.05, 0) is 5.56 Å². The topological polar surface area (TPSA) is 80.7 Å². The lowest BCUT2D eigenvalue weighted by Crippen LogP contribution is -2.21. The fraction of sp³-hybridized carbons (Fsp3) is 0.200. The molecule has 0 amide bonds. The van der Waals surface area contributed by atoms with Crippen molar-refractivity contribution in [1.82, 2.24) is 0 Å². The molecule has 0 aromatic heterocycles. The number of rotatable bonds is 3. The van der Waals surface area contributed by atoms with Gasteiger partial charge in [-0.25, -0.2) is 9.00 Å². The van der Waals surface area contributed by atoms with E-state index in [-0.39, 0.29) is 0 Å². The Balaban J connectivity index is 2.97. The molecule has 0 fully saturated rings. The first-order valence-electron chi connectivity index (χ1n) is 4.39. The first-order valence-corrected chi connectivity index (χ1v) is 5.56. The smallest absolute Gasteiger partial charge is 0.336 e. The monoisotopic (exact) mass is 242 g/mol. The van der Waals surface area contributed by atoms with E-state index in [1.54, 1.807) is 18.2 Å². The lowest BCUT2D eigenvalue weighted by atomic mass is 10.1. The Morgan fingerprint density at radius 3 is 2.31 bits per heavy atom.